The van der Waals surface area contributed by atoms with Crippen LogP contribution in [0.15, 0.2) is 54.6 Å². The number of halogens is 1. The Morgan fingerprint density at radius 1 is 1.29 bits per heavy atom. The van der Waals surface area contributed by atoms with Crippen molar-refractivity contribution in [3.63, 3.8) is 0 Å². The smallest absolute Gasteiger partial charge is 0.247 e. The number of rotatable bonds is 6. The standard InChI is InChI=1S/C22H21FN2O2S/c23-17-6-3-5-16(13-17)14-25(15-18-7-4-12-27-18)22(26)11-10-21-24-19-8-1-2-9-20(19)28-21/h1-3,5-6,8-11,13,18H,4,7,12,14-15H2/b11-10+. The van der Waals surface area contributed by atoms with Gasteiger partial charge in [-0.15, -0.1) is 11.3 Å². The molecule has 1 aromatic heterocycles. The Hall–Kier alpha value is -2.57. The first-order valence-corrected chi connectivity index (χ1v) is 10.2. The molecule has 4 nitrogen and oxygen atoms in total. The molecule has 1 unspecified atom stereocenters. The van der Waals surface area contributed by atoms with Crippen LogP contribution in [0.1, 0.15) is 23.4 Å². The number of ether oxygens (including phenoxy) is 1. The number of benzene rings is 2. The third kappa shape index (κ3) is 4.64. The highest BCUT2D eigenvalue weighted by molar-refractivity contribution is 7.19. The number of nitrogens with zero attached hydrogens (tertiary/aromatic N) is 2. The van der Waals surface area contributed by atoms with Gasteiger partial charge in [0.05, 0.1) is 16.3 Å². The molecule has 0 bridgehead atoms. The lowest BCUT2D eigenvalue weighted by molar-refractivity contribution is -0.128. The van der Waals surface area contributed by atoms with Gasteiger partial charge in [-0.2, -0.15) is 0 Å². The number of aromatic nitrogens is 1. The van der Waals surface area contributed by atoms with Gasteiger partial charge in [0, 0.05) is 25.8 Å². The molecule has 1 amide bonds. The van der Waals surface area contributed by atoms with E-state index in [1.165, 1.54) is 12.1 Å². The predicted molar refractivity (Wildman–Crippen MR) is 109 cm³/mol. The lowest BCUT2D eigenvalue weighted by Gasteiger charge is -2.24. The minimum Gasteiger partial charge on any atom is -0.376 e. The molecule has 1 aliphatic rings. The zero-order valence-electron chi connectivity index (χ0n) is 15.4. The Labute approximate surface area is 167 Å². The van der Waals surface area contributed by atoms with Crippen molar-refractivity contribution in [3.8, 4) is 0 Å². The highest BCUT2D eigenvalue weighted by Crippen LogP contribution is 2.23. The van der Waals surface area contributed by atoms with E-state index in [9.17, 15) is 9.18 Å². The van der Waals surface area contributed by atoms with Crippen molar-refractivity contribution in [2.45, 2.75) is 25.5 Å². The van der Waals surface area contributed by atoms with E-state index in [1.54, 1.807) is 34.5 Å². The number of hydrogen-bond donors (Lipinski definition) is 0. The van der Waals surface area contributed by atoms with E-state index in [1.807, 2.05) is 30.3 Å². The fraction of sp³-hybridized carbons (Fsp3) is 0.273. The second-order valence-corrected chi connectivity index (χ2v) is 7.90. The summed E-state index contributed by atoms with van der Waals surface area (Å²) in [6.45, 7) is 1.58. The molecule has 4 rings (SSSR count). The fourth-order valence-electron chi connectivity index (χ4n) is 3.33. The molecule has 28 heavy (non-hydrogen) atoms. The molecule has 2 aromatic carbocycles. The molecular weight excluding hydrogens is 375 g/mol. The summed E-state index contributed by atoms with van der Waals surface area (Å²) in [5, 5.41) is 0.789. The van der Waals surface area contributed by atoms with Crippen molar-refractivity contribution < 1.29 is 13.9 Å². The lowest BCUT2D eigenvalue weighted by Crippen LogP contribution is -2.35. The Kier molecular flexibility index (Phi) is 5.78. The number of hydrogen-bond acceptors (Lipinski definition) is 4. The van der Waals surface area contributed by atoms with Crippen LogP contribution in [-0.2, 0) is 16.1 Å². The van der Waals surface area contributed by atoms with Gasteiger partial charge in [0.1, 0.15) is 10.8 Å². The first-order chi connectivity index (χ1) is 13.7. The molecule has 0 N–H and O–H groups in total. The summed E-state index contributed by atoms with van der Waals surface area (Å²) in [5.74, 6) is -0.425. The maximum absolute atomic E-state index is 13.5. The van der Waals surface area contributed by atoms with Crippen LogP contribution in [0, 0.1) is 5.82 Å². The molecule has 0 spiro atoms. The number of thiazole rings is 1. The van der Waals surface area contributed by atoms with Crippen molar-refractivity contribution in [2.75, 3.05) is 13.2 Å². The minimum atomic E-state index is -0.299. The summed E-state index contributed by atoms with van der Waals surface area (Å²) in [7, 11) is 0. The molecule has 1 aliphatic heterocycles. The summed E-state index contributed by atoms with van der Waals surface area (Å²) < 4.78 is 20.3. The predicted octanol–water partition coefficient (Wildman–Crippen LogP) is 4.66. The average Bonchev–Trinajstić information content (AvgIpc) is 3.34. The number of carbonyl (C=O) groups is 1. The highest BCUT2D eigenvalue weighted by Gasteiger charge is 2.22. The summed E-state index contributed by atoms with van der Waals surface area (Å²) >= 11 is 1.55. The highest BCUT2D eigenvalue weighted by atomic mass is 32.1. The molecule has 144 valence electrons. The molecule has 1 saturated heterocycles. The molecule has 2 heterocycles. The van der Waals surface area contributed by atoms with Gasteiger partial charge in [-0.3, -0.25) is 4.79 Å². The van der Waals surface area contributed by atoms with Crippen LogP contribution in [0.3, 0.4) is 0 Å². The normalized spacial score (nSPS) is 16.8. The Balaban J connectivity index is 1.51. The van der Waals surface area contributed by atoms with Crippen molar-refractivity contribution >= 4 is 33.5 Å². The monoisotopic (exact) mass is 396 g/mol. The average molecular weight is 396 g/mol. The molecule has 6 heteroatoms. The maximum atomic E-state index is 13.5. The lowest BCUT2D eigenvalue weighted by atomic mass is 10.1. The first kappa shape index (κ1) is 18.8. The molecule has 1 atom stereocenters. The van der Waals surface area contributed by atoms with Gasteiger partial charge in [0.15, 0.2) is 0 Å². The van der Waals surface area contributed by atoms with E-state index in [-0.39, 0.29) is 17.8 Å². The van der Waals surface area contributed by atoms with E-state index in [2.05, 4.69) is 4.98 Å². The SMILES string of the molecule is O=C(/C=C/c1nc2ccccc2s1)N(Cc1cccc(F)c1)CC1CCCO1. The van der Waals surface area contributed by atoms with Gasteiger partial charge in [0.25, 0.3) is 0 Å². The maximum Gasteiger partial charge on any atom is 0.247 e. The molecule has 1 fully saturated rings. The molecule has 0 aliphatic carbocycles. The number of para-hydroxylation sites is 1. The zero-order chi connectivity index (χ0) is 19.3. The van der Waals surface area contributed by atoms with Crippen molar-refractivity contribution in [2.24, 2.45) is 0 Å². The summed E-state index contributed by atoms with van der Waals surface area (Å²) in [6.07, 6.45) is 5.28. The largest absolute Gasteiger partial charge is 0.376 e. The van der Waals surface area contributed by atoms with Gasteiger partial charge in [-0.1, -0.05) is 24.3 Å². The van der Waals surface area contributed by atoms with E-state index >= 15 is 0 Å². The van der Waals surface area contributed by atoms with E-state index in [0.717, 1.165) is 40.2 Å². The third-order valence-electron chi connectivity index (χ3n) is 4.70. The van der Waals surface area contributed by atoms with E-state index in [4.69, 9.17) is 4.74 Å². The summed E-state index contributed by atoms with van der Waals surface area (Å²) in [5.41, 5.74) is 1.69. The fourth-order valence-corrected chi connectivity index (χ4v) is 4.20. The van der Waals surface area contributed by atoms with Crippen LogP contribution < -0.4 is 0 Å². The van der Waals surface area contributed by atoms with Gasteiger partial charge < -0.3 is 9.64 Å². The molecule has 3 aromatic rings. The van der Waals surface area contributed by atoms with Gasteiger partial charge in [0.2, 0.25) is 5.91 Å². The second kappa shape index (κ2) is 8.63. The third-order valence-corrected chi connectivity index (χ3v) is 5.70. The second-order valence-electron chi connectivity index (χ2n) is 6.84. The van der Waals surface area contributed by atoms with Gasteiger partial charge >= 0.3 is 0 Å². The van der Waals surface area contributed by atoms with Crippen molar-refractivity contribution in [1.29, 1.82) is 0 Å². The van der Waals surface area contributed by atoms with Gasteiger partial charge in [-0.05, 0) is 48.7 Å². The Morgan fingerprint density at radius 2 is 2.18 bits per heavy atom. The number of carbonyl (C=O) groups excluding carboxylic acids is 1. The van der Waals surface area contributed by atoms with Crippen molar-refractivity contribution in [3.05, 3.63) is 71.0 Å². The van der Waals surface area contributed by atoms with Crippen LogP contribution >= 0.6 is 11.3 Å². The quantitative estimate of drug-likeness (QED) is 0.569. The Bertz CT molecular complexity index is 962. The molecule has 0 saturated carbocycles. The number of amides is 1. The topological polar surface area (TPSA) is 42.4 Å². The first-order valence-electron chi connectivity index (χ1n) is 9.36. The Morgan fingerprint density at radius 3 is 2.96 bits per heavy atom. The minimum absolute atomic E-state index is 0.0355. The van der Waals surface area contributed by atoms with E-state index < -0.39 is 0 Å². The van der Waals surface area contributed by atoms with Crippen LogP contribution in [0.25, 0.3) is 16.3 Å². The summed E-state index contributed by atoms with van der Waals surface area (Å²) in [4.78, 5) is 19.1. The zero-order valence-corrected chi connectivity index (χ0v) is 16.2. The molecule has 0 radical (unpaired) electrons. The van der Waals surface area contributed by atoms with Crippen LogP contribution in [0.2, 0.25) is 0 Å². The van der Waals surface area contributed by atoms with Gasteiger partial charge in [-0.25, -0.2) is 9.37 Å². The van der Waals surface area contributed by atoms with Crippen LogP contribution in [0.4, 0.5) is 4.39 Å². The number of fused-ring (bicyclic) bond motifs is 1. The van der Waals surface area contributed by atoms with Crippen LogP contribution in [0.5, 0.6) is 0 Å². The van der Waals surface area contributed by atoms with Crippen LogP contribution in [-0.4, -0.2) is 35.0 Å². The van der Waals surface area contributed by atoms with E-state index in [0.29, 0.717) is 13.1 Å². The summed E-state index contributed by atoms with van der Waals surface area (Å²) in [6, 6.07) is 14.3. The molecular formula is C22H21FN2O2S. The van der Waals surface area contributed by atoms with Crippen molar-refractivity contribution in [1.82, 2.24) is 9.88 Å².